The lowest BCUT2D eigenvalue weighted by molar-refractivity contribution is -0.125. The molecule has 7 rings (SSSR count). The SMILES string of the molecule is CCCCCCCCCCOc1cc(-c2nnc(-c3ccc(NC(=O)C4CCC(C(=O)Nc5ccc(-c6nnc(-c7cc(OCCCCCCCCCC)c(OCCCCCCCCCC)c(OCCCCCCCCCC)c7)s6)cc5)CC4)cc3)s2)cc(OCCCCCCCCCC)c1OCCCCCCCCCC. The molecule has 0 radical (unpaired) electrons. The van der Waals surface area contributed by atoms with Crippen molar-refractivity contribution in [3.8, 4) is 76.8 Å². The molecule has 2 N–H and O–H groups in total. The van der Waals surface area contributed by atoms with Crippen molar-refractivity contribution in [1.82, 2.24) is 20.4 Å². The van der Waals surface area contributed by atoms with Crippen LogP contribution in [0, 0.1) is 11.8 Å². The van der Waals surface area contributed by atoms with E-state index in [-0.39, 0.29) is 23.7 Å². The Morgan fingerprint density at radius 2 is 0.473 bits per heavy atom. The number of nitrogens with zero attached hydrogens (tertiary/aromatic N) is 4. The van der Waals surface area contributed by atoms with E-state index in [9.17, 15) is 9.59 Å². The average molecular weight is 1580 g/mol. The summed E-state index contributed by atoms with van der Waals surface area (Å²) < 4.78 is 40.2. The zero-order valence-corrected chi connectivity index (χ0v) is 72.6. The van der Waals surface area contributed by atoms with E-state index in [0.29, 0.717) is 99.8 Å². The zero-order valence-electron chi connectivity index (χ0n) is 71.0. The second kappa shape index (κ2) is 59.4. The van der Waals surface area contributed by atoms with Crippen molar-refractivity contribution in [2.45, 2.75) is 375 Å². The molecule has 16 heteroatoms. The molecule has 112 heavy (non-hydrogen) atoms. The third kappa shape index (κ3) is 37.1. The minimum Gasteiger partial charge on any atom is -0.490 e. The van der Waals surface area contributed by atoms with E-state index in [1.165, 1.54) is 254 Å². The summed E-state index contributed by atoms with van der Waals surface area (Å²) in [6.45, 7) is 17.3. The standard InChI is InChI=1S/C96H150N6O8S2/c1-7-13-19-25-31-37-43-49-67-105-85-73-81(74-86(106-68-50-44-38-32-26-20-14-8-2)89(85)109-71-53-47-41-35-29-23-17-11-5)95-101-99-93(111-95)79-59-63-83(64-60-79)97-91(103)77-55-57-78(58-56-77)92(104)98-84-65-61-80(62-66-84)94-100-102-96(112-94)82-75-87(107-69-51-45-39-33-27-21-15-9-3)90(110-72-54-48-42-36-30-24-18-12-6)88(76-82)108-70-52-46-40-34-28-22-16-10-4/h59-66,73-78H,7-58,67-72H2,1-6H3,(H,97,103)(H,98,104). The highest BCUT2D eigenvalue weighted by Gasteiger charge is 2.31. The number of aromatic nitrogens is 4. The highest BCUT2D eigenvalue weighted by atomic mass is 32.1. The molecule has 0 saturated heterocycles. The molecule has 2 aromatic heterocycles. The quantitative estimate of drug-likeness (QED) is 0.0348. The summed E-state index contributed by atoms with van der Waals surface area (Å²) in [7, 11) is 0. The fourth-order valence-electron chi connectivity index (χ4n) is 15.0. The largest absolute Gasteiger partial charge is 0.490 e. The first-order chi connectivity index (χ1) is 55.2. The Morgan fingerprint density at radius 3 is 0.696 bits per heavy atom. The molecule has 1 aliphatic carbocycles. The lowest BCUT2D eigenvalue weighted by Crippen LogP contribution is -2.32. The predicted molar refractivity (Wildman–Crippen MR) is 473 cm³/mol. The van der Waals surface area contributed by atoms with Gasteiger partial charge < -0.3 is 39.1 Å². The molecule has 0 spiro atoms. The number of amides is 2. The first-order valence-corrected chi connectivity index (χ1v) is 47.5. The van der Waals surface area contributed by atoms with Crippen molar-refractivity contribution >= 4 is 45.9 Å². The number of carbonyl (C=O) groups is 2. The van der Waals surface area contributed by atoms with Crippen molar-refractivity contribution in [3.05, 3.63) is 72.8 Å². The van der Waals surface area contributed by atoms with Gasteiger partial charge in [-0.05, 0) is 137 Å². The molecular weight excluding hydrogens is 1430 g/mol. The molecule has 4 aromatic carbocycles. The number of rotatable bonds is 68. The van der Waals surface area contributed by atoms with Crippen LogP contribution >= 0.6 is 22.7 Å². The van der Waals surface area contributed by atoms with Gasteiger partial charge in [0.2, 0.25) is 23.3 Å². The summed E-state index contributed by atoms with van der Waals surface area (Å²) in [5.74, 6) is 3.82. The Hall–Kier alpha value is -6.26. The number of hydrogen-bond acceptors (Lipinski definition) is 14. The summed E-state index contributed by atoms with van der Waals surface area (Å²) in [5, 5.41) is 28.4. The number of hydrogen-bond donors (Lipinski definition) is 2. The van der Waals surface area contributed by atoms with E-state index < -0.39 is 0 Å². The van der Waals surface area contributed by atoms with Gasteiger partial charge in [-0.15, -0.1) is 20.4 Å². The van der Waals surface area contributed by atoms with Gasteiger partial charge in [0, 0.05) is 45.5 Å². The van der Waals surface area contributed by atoms with E-state index in [1.807, 2.05) is 48.5 Å². The molecule has 1 aliphatic rings. The highest BCUT2D eigenvalue weighted by Crippen LogP contribution is 2.46. The van der Waals surface area contributed by atoms with Gasteiger partial charge in [-0.2, -0.15) is 0 Å². The molecule has 6 aromatic rings. The molecule has 0 bridgehead atoms. The van der Waals surface area contributed by atoms with Crippen LogP contribution in [0.25, 0.3) is 42.3 Å². The molecule has 0 unspecified atom stereocenters. The molecule has 1 saturated carbocycles. The molecule has 624 valence electrons. The topological polar surface area (TPSA) is 165 Å². The number of carbonyl (C=O) groups excluding carboxylic acids is 2. The summed E-state index contributed by atoms with van der Waals surface area (Å²) in [4.78, 5) is 27.7. The Kier molecular flexibility index (Phi) is 49.3. The lowest BCUT2D eigenvalue weighted by Gasteiger charge is -2.27. The maximum atomic E-state index is 13.9. The normalized spacial score (nSPS) is 13.5. The van der Waals surface area contributed by atoms with Crippen LogP contribution in [0.15, 0.2) is 72.8 Å². The molecule has 1 fully saturated rings. The fraction of sp³-hybridized carbons (Fsp3) is 0.688. The van der Waals surface area contributed by atoms with Gasteiger partial charge in [-0.25, -0.2) is 0 Å². The van der Waals surface area contributed by atoms with Gasteiger partial charge >= 0.3 is 0 Å². The zero-order chi connectivity index (χ0) is 78.9. The van der Waals surface area contributed by atoms with Crippen molar-refractivity contribution in [3.63, 3.8) is 0 Å². The van der Waals surface area contributed by atoms with E-state index in [2.05, 4.69) is 76.4 Å². The first-order valence-electron chi connectivity index (χ1n) is 45.9. The highest BCUT2D eigenvalue weighted by molar-refractivity contribution is 7.18. The van der Waals surface area contributed by atoms with Crippen LogP contribution in [0.4, 0.5) is 11.4 Å². The smallest absolute Gasteiger partial charge is 0.227 e. The van der Waals surface area contributed by atoms with Gasteiger partial charge in [-0.1, -0.05) is 334 Å². The van der Waals surface area contributed by atoms with Crippen LogP contribution in [0.5, 0.6) is 34.5 Å². The Bertz CT molecular complexity index is 3080. The lowest BCUT2D eigenvalue weighted by atomic mass is 9.81. The molecule has 0 aliphatic heterocycles. The van der Waals surface area contributed by atoms with Crippen LogP contribution in [0.3, 0.4) is 0 Å². The van der Waals surface area contributed by atoms with Crippen LogP contribution in [0.2, 0.25) is 0 Å². The maximum Gasteiger partial charge on any atom is 0.227 e. The minimum absolute atomic E-state index is 0.0209. The summed E-state index contributed by atoms with van der Waals surface area (Å²) >= 11 is 3.06. The number of ether oxygens (including phenoxy) is 6. The van der Waals surface area contributed by atoms with Crippen molar-refractivity contribution < 1.29 is 38.0 Å². The van der Waals surface area contributed by atoms with Crippen LogP contribution in [-0.4, -0.2) is 71.9 Å². The summed E-state index contributed by atoms with van der Waals surface area (Å²) in [5.41, 5.74) is 5.07. The minimum atomic E-state index is -0.190. The fourth-order valence-corrected chi connectivity index (χ4v) is 16.7. The number of benzene rings is 4. The number of nitrogens with one attached hydrogen (secondary N) is 2. The average Bonchev–Trinajstić information content (AvgIpc) is 1.40. The Morgan fingerprint density at radius 1 is 0.277 bits per heavy atom. The maximum absolute atomic E-state index is 13.9. The summed E-state index contributed by atoms with van der Waals surface area (Å²) in [6.07, 6.45) is 61.7. The monoisotopic (exact) mass is 1580 g/mol. The van der Waals surface area contributed by atoms with Gasteiger partial charge in [-0.3, -0.25) is 9.59 Å². The summed E-state index contributed by atoms with van der Waals surface area (Å²) in [6, 6.07) is 24.1. The van der Waals surface area contributed by atoms with E-state index in [0.717, 1.165) is 131 Å². The molecular formula is C96H150N6O8S2. The van der Waals surface area contributed by atoms with Gasteiger partial charge in [0.1, 0.15) is 20.0 Å². The Labute approximate surface area is 687 Å². The van der Waals surface area contributed by atoms with Gasteiger partial charge in [0.15, 0.2) is 23.0 Å². The van der Waals surface area contributed by atoms with Gasteiger partial charge in [0.05, 0.1) is 39.6 Å². The van der Waals surface area contributed by atoms with E-state index in [1.54, 1.807) is 0 Å². The third-order valence-corrected chi connectivity index (χ3v) is 24.2. The molecule has 0 atom stereocenters. The predicted octanol–water partition coefficient (Wildman–Crippen LogP) is 29.6. The molecule has 2 heterocycles. The second-order valence-corrected chi connectivity index (χ2v) is 34.0. The molecule has 2 amide bonds. The van der Waals surface area contributed by atoms with Crippen LogP contribution in [0.1, 0.15) is 375 Å². The van der Waals surface area contributed by atoms with Gasteiger partial charge in [0.25, 0.3) is 0 Å². The molecule has 14 nitrogen and oxygen atoms in total. The van der Waals surface area contributed by atoms with Crippen molar-refractivity contribution in [2.24, 2.45) is 11.8 Å². The van der Waals surface area contributed by atoms with Crippen LogP contribution < -0.4 is 39.1 Å². The Balaban J connectivity index is 0.943. The second-order valence-electron chi connectivity index (χ2n) is 32.0. The van der Waals surface area contributed by atoms with Crippen molar-refractivity contribution in [2.75, 3.05) is 50.3 Å². The first kappa shape index (κ1) is 92.9. The number of anilines is 2. The number of unbranched alkanes of at least 4 members (excludes halogenated alkanes) is 42. The van der Waals surface area contributed by atoms with Crippen LogP contribution in [-0.2, 0) is 9.59 Å². The van der Waals surface area contributed by atoms with Crippen molar-refractivity contribution in [1.29, 1.82) is 0 Å². The van der Waals surface area contributed by atoms with E-state index in [4.69, 9.17) is 48.8 Å². The van der Waals surface area contributed by atoms with E-state index >= 15 is 0 Å². The third-order valence-electron chi connectivity index (χ3n) is 22.2.